The van der Waals surface area contributed by atoms with Gasteiger partial charge in [0, 0.05) is 6.42 Å². The molecule has 0 atom stereocenters. The van der Waals surface area contributed by atoms with Gasteiger partial charge in [0.1, 0.15) is 5.75 Å². The monoisotopic (exact) mass is 323 g/mol. The predicted octanol–water partition coefficient (Wildman–Crippen LogP) is 3.22. The number of aromatic nitrogens is 2. The number of anilines is 1. The van der Waals surface area contributed by atoms with Crippen molar-refractivity contribution >= 4 is 11.9 Å². The summed E-state index contributed by atoms with van der Waals surface area (Å²) in [5, 5.41) is 10.2. The first-order valence-electron chi connectivity index (χ1n) is 7.63. The summed E-state index contributed by atoms with van der Waals surface area (Å²) in [4.78, 5) is 11.9. The molecule has 1 N–H and O–H groups in total. The van der Waals surface area contributed by atoms with Crippen LogP contribution in [0.4, 0.5) is 6.01 Å². The molecule has 0 bridgehead atoms. The highest BCUT2D eigenvalue weighted by atomic mass is 16.5. The average molecular weight is 323 g/mol. The first kappa shape index (κ1) is 15.7. The average Bonchev–Trinajstić information content (AvgIpc) is 3.07. The third-order valence-electron chi connectivity index (χ3n) is 3.30. The van der Waals surface area contributed by atoms with Gasteiger partial charge < -0.3 is 9.15 Å². The van der Waals surface area contributed by atoms with Crippen LogP contribution >= 0.6 is 0 Å². The minimum absolute atomic E-state index is 0.0831. The predicted molar refractivity (Wildman–Crippen MR) is 88.5 cm³/mol. The fourth-order valence-corrected chi connectivity index (χ4v) is 2.11. The SMILES string of the molecule is O=C(CCc1ccccc1)Nc1nnc(COc2ccccc2)o1. The number of aryl methyl sites for hydroxylation is 1. The molecule has 3 aromatic rings. The van der Waals surface area contributed by atoms with Gasteiger partial charge in [0.25, 0.3) is 5.89 Å². The molecule has 3 rings (SSSR count). The Morgan fingerprint density at radius 3 is 2.46 bits per heavy atom. The van der Waals surface area contributed by atoms with Gasteiger partial charge in [-0.15, -0.1) is 5.10 Å². The summed E-state index contributed by atoms with van der Waals surface area (Å²) in [6.45, 7) is 0.150. The van der Waals surface area contributed by atoms with E-state index in [9.17, 15) is 4.79 Å². The van der Waals surface area contributed by atoms with Gasteiger partial charge in [0.15, 0.2) is 6.61 Å². The second-order valence-corrected chi connectivity index (χ2v) is 5.14. The highest BCUT2D eigenvalue weighted by Crippen LogP contribution is 2.13. The molecule has 0 aliphatic heterocycles. The lowest BCUT2D eigenvalue weighted by Gasteiger charge is -2.02. The van der Waals surface area contributed by atoms with E-state index >= 15 is 0 Å². The van der Waals surface area contributed by atoms with Crippen LogP contribution in [0.15, 0.2) is 65.1 Å². The zero-order valence-electron chi connectivity index (χ0n) is 13.0. The molecule has 2 aromatic carbocycles. The quantitative estimate of drug-likeness (QED) is 0.722. The topological polar surface area (TPSA) is 77.2 Å². The van der Waals surface area contributed by atoms with Crippen LogP contribution in [0.1, 0.15) is 17.9 Å². The van der Waals surface area contributed by atoms with Crippen molar-refractivity contribution in [3.8, 4) is 5.75 Å². The van der Waals surface area contributed by atoms with Gasteiger partial charge in [-0.1, -0.05) is 53.6 Å². The van der Waals surface area contributed by atoms with Crippen molar-refractivity contribution in [1.82, 2.24) is 10.2 Å². The molecule has 0 aliphatic carbocycles. The molecule has 0 aliphatic rings. The molecular weight excluding hydrogens is 306 g/mol. The van der Waals surface area contributed by atoms with Gasteiger partial charge in [0.2, 0.25) is 5.91 Å². The highest BCUT2D eigenvalue weighted by Gasteiger charge is 2.10. The molecule has 0 saturated heterocycles. The Kier molecular flexibility index (Phi) is 5.19. The van der Waals surface area contributed by atoms with Gasteiger partial charge in [0.05, 0.1) is 0 Å². The smallest absolute Gasteiger partial charge is 0.322 e. The van der Waals surface area contributed by atoms with E-state index in [1.807, 2.05) is 60.7 Å². The number of carbonyl (C=O) groups is 1. The van der Waals surface area contributed by atoms with Gasteiger partial charge >= 0.3 is 6.01 Å². The van der Waals surface area contributed by atoms with Crippen LogP contribution in [0.3, 0.4) is 0 Å². The van der Waals surface area contributed by atoms with Crippen LogP contribution in [0.2, 0.25) is 0 Å². The van der Waals surface area contributed by atoms with Crippen molar-refractivity contribution in [3.05, 3.63) is 72.1 Å². The molecule has 1 aromatic heterocycles. The van der Waals surface area contributed by atoms with Crippen molar-refractivity contribution in [1.29, 1.82) is 0 Å². The lowest BCUT2D eigenvalue weighted by molar-refractivity contribution is -0.116. The maximum Gasteiger partial charge on any atom is 0.322 e. The fourth-order valence-electron chi connectivity index (χ4n) is 2.11. The van der Waals surface area contributed by atoms with Crippen LogP contribution in [-0.4, -0.2) is 16.1 Å². The Morgan fingerprint density at radius 1 is 1.00 bits per heavy atom. The Balaban J connectivity index is 1.46. The fraction of sp³-hybridized carbons (Fsp3) is 0.167. The number of rotatable bonds is 7. The number of benzene rings is 2. The summed E-state index contributed by atoms with van der Waals surface area (Å²) in [5.74, 6) is 0.847. The number of nitrogens with one attached hydrogen (secondary N) is 1. The van der Waals surface area contributed by atoms with Gasteiger partial charge in [-0.3, -0.25) is 10.1 Å². The van der Waals surface area contributed by atoms with E-state index in [2.05, 4.69) is 15.5 Å². The zero-order chi connectivity index (χ0) is 16.6. The zero-order valence-corrected chi connectivity index (χ0v) is 13.0. The Morgan fingerprint density at radius 2 is 1.71 bits per heavy atom. The van der Waals surface area contributed by atoms with Crippen LogP contribution < -0.4 is 10.1 Å². The minimum atomic E-state index is -0.168. The van der Waals surface area contributed by atoms with Gasteiger partial charge in [-0.2, -0.15) is 0 Å². The number of nitrogens with zero attached hydrogens (tertiary/aromatic N) is 2. The number of ether oxygens (including phenoxy) is 1. The minimum Gasteiger partial charge on any atom is -0.484 e. The van der Waals surface area contributed by atoms with Crippen molar-refractivity contribution in [2.45, 2.75) is 19.4 Å². The third kappa shape index (κ3) is 4.67. The molecule has 0 saturated carbocycles. The van der Waals surface area contributed by atoms with E-state index in [1.54, 1.807) is 0 Å². The molecule has 1 amide bonds. The molecule has 0 spiro atoms. The maximum atomic E-state index is 11.9. The first-order valence-corrected chi connectivity index (χ1v) is 7.63. The summed E-state index contributed by atoms with van der Waals surface area (Å²) >= 11 is 0. The lowest BCUT2D eigenvalue weighted by Crippen LogP contribution is -2.12. The largest absolute Gasteiger partial charge is 0.484 e. The Hall–Kier alpha value is -3.15. The van der Waals surface area contributed by atoms with Crippen LogP contribution in [0, 0.1) is 0 Å². The first-order chi connectivity index (χ1) is 11.8. The molecule has 122 valence electrons. The number of hydrogen-bond donors (Lipinski definition) is 1. The molecule has 24 heavy (non-hydrogen) atoms. The van der Waals surface area contributed by atoms with Gasteiger partial charge in [-0.05, 0) is 24.1 Å². The van der Waals surface area contributed by atoms with Crippen molar-refractivity contribution in [2.24, 2.45) is 0 Å². The molecule has 0 unspecified atom stereocenters. The van der Waals surface area contributed by atoms with Crippen LogP contribution in [0.25, 0.3) is 0 Å². The normalized spacial score (nSPS) is 10.3. The Bertz CT molecular complexity index is 772. The summed E-state index contributed by atoms with van der Waals surface area (Å²) in [6, 6.07) is 19.2. The maximum absolute atomic E-state index is 11.9. The van der Waals surface area contributed by atoms with Crippen molar-refractivity contribution in [2.75, 3.05) is 5.32 Å². The summed E-state index contributed by atoms with van der Waals surface area (Å²) in [6.07, 6.45) is 1.01. The molecule has 6 nitrogen and oxygen atoms in total. The third-order valence-corrected chi connectivity index (χ3v) is 3.30. The lowest BCUT2D eigenvalue weighted by atomic mass is 10.1. The second-order valence-electron chi connectivity index (χ2n) is 5.14. The number of carbonyl (C=O) groups excluding carboxylic acids is 1. The molecule has 1 heterocycles. The molecule has 0 fully saturated rings. The van der Waals surface area contributed by atoms with E-state index in [4.69, 9.17) is 9.15 Å². The van der Waals surface area contributed by atoms with E-state index in [-0.39, 0.29) is 18.5 Å². The second kappa shape index (κ2) is 7.92. The van der Waals surface area contributed by atoms with E-state index in [0.717, 1.165) is 5.56 Å². The molecule has 6 heteroatoms. The molecule has 0 radical (unpaired) electrons. The van der Waals surface area contributed by atoms with E-state index in [1.165, 1.54) is 0 Å². The van der Waals surface area contributed by atoms with Crippen molar-refractivity contribution in [3.63, 3.8) is 0 Å². The number of para-hydroxylation sites is 1. The van der Waals surface area contributed by atoms with Crippen LogP contribution in [-0.2, 0) is 17.8 Å². The highest BCUT2D eigenvalue weighted by molar-refractivity contribution is 5.88. The van der Waals surface area contributed by atoms with E-state index < -0.39 is 0 Å². The van der Waals surface area contributed by atoms with E-state index in [0.29, 0.717) is 24.5 Å². The summed E-state index contributed by atoms with van der Waals surface area (Å²) in [5.41, 5.74) is 1.11. The van der Waals surface area contributed by atoms with Crippen molar-refractivity contribution < 1.29 is 13.9 Å². The van der Waals surface area contributed by atoms with Crippen LogP contribution in [0.5, 0.6) is 5.75 Å². The standard InChI is InChI=1S/C18H17N3O3/c22-16(12-11-14-7-3-1-4-8-14)19-18-21-20-17(24-18)13-23-15-9-5-2-6-10-15/h1-10H,11-13H2,(H,19,21,22). The number of amides is 1. The number of hydrogen-bond acceptors (Lipinski definition) is 5. The summed E-state index contributed by atoms with van der Waals surface area (Å²) < 4.78 is 10.9. The molecular formula is C18H17N3O3. The Labute approximate surface area is 139 Å². The van der Waals surface area contributed by atoms with Gasteiger partial charge in [-0.25, -0.2) is 0 Å². The summed E-state index contributed by atoms with van der Waals surface area (Å²) in [7, 11) is 0.